The summed E-state index contributed by atoms with van der Waals surface area (Å²) >= 11 is 5.68. The minimum atomic E-state index is -3.67. The molecule has 2 aromatic rings. The van der Waals surface area contributed by atoms with Gasteiger partial charge in [0.2, 0.25) is 0 Å². The third-order valence-electron chi connectivity index (χ3n) is 3.85. The number of fused-ring (bicyclic) bond motifs is 1. The molecular weight excluding hydrogens is 313 g/mol. The van der Waals surface area contributed by atoms with Gasteiger partial charge in [0.25, 0.3) is 0 Å². The summed E-state index contributed by atoms with van der Waals surface area (Å²) in [6.07, 6.45) is 0.356. The average molecular weight is 326 g/mol. The molecule has 0 saturated heterocycles. The van der Waals surface area contributed by atoms with Crippen LogP contribution in [0.2, 0.25) is 5.02 Å². The van der Waals surface area contributed by atoms with E-state index in [-0.39, 0.29) is 9.92 Å². The summed E-state index contributed by atoms with van der Waals surface area (Å²) in [5.41, 5.74) is 7.88. The third kappa shape index (κ3) is 2.35. The van der Waals surface area contributed by atoms with Crippen molar-refractivity contribution < 1.29 is 12.8 Å². The van der Waals surface area contributed by atoms with Crippen LogP contribution in [-0.2, 0) is 16.3 Å². The van der Waals surface area contributed by atoms with E-state index in [1.165, 1.54) is 6.07 Å². The zero-order valence-corrected chi connectivity index (χ0v) is 12.5. The van der Waals surface area contributed by atoms with Gasteiger partial charge in [0.1, 0.15) is 5.82 Å². The van der Waals surface area contributed by atoms with Crippen molar-refractivity contribution in [3.05, 3.63) is 64.4 Å². The smallest absolute Gasteiger partial charge is 0.183 e. The molecule has 0 fully saturated rings. The summed E-state index contributed by atoms with van der Waals surface area (Å²) in [6, 6.07) is 10.2. The summed E-state index contributed by atoms with van der Waals surface area (Å²) in [5.74, 6) is -0.644. The molecule has 21 heavy (non-hydrogen) atoms. The van der Waals surface area contributed by atoms with Crippen molar-refractivity contribution in [2.75, 3.05) is 0 Å². The van der Waals surface area contributed by atoms with Gasteiger partial charge < -0.3 is 5.73 Å². The summed E-state index contributed by atoms with van der Waals surface area (Å²) in [5, 5.41) is -0.961. The van der Waals surface area contributed by atoms with Gasteiger partial charge in [0, 0.05) is 6.04 Å². The fourth-order valence-electron chi connectivity index (χ4n) is 2.72. The predicted octanol–water partition coefficient (Wildman–Crippen LogP) is 2.88. The molecule has 0 bridgehead atoms. The first-order chi connectivity index (χ1) is 9.91. The zero-order chi connectivity index (χ0) is 15.2. The topological polar surface area (TPSA) is 60.2 Å². The molecule has 1 aliphatic carbocycles. The van der Waals surface area contributed by atoms with E-state index in [4.69, 9.17) is 17.3 Å². The van der Waals surface area contributed by atoms with Gasteiger partial charge in [-0.1, -0.05) is 35.9 Å². The van der Waals surface area contributed by atoms with Crippen LogP contribution in [0.4, 0.5) is 4.39 Å². The molecule has 0 spiro atoms. The summed E-state index contributed by atoms with van der Waals surface area (Å²) in [4.78, 5) is 0.00200. The number of rotatable bonds is 2. The Morgan fingerprint density at radius 3 is 2.57 bits per heavy atom. The van der Waals surface area contributed by atoms with Crippen LogP contribution in [0.25, 0.3) is 0 Å². The Labute approximate surface area is 127 Å². The Balaban J connectivity index is 2.02. The maximum atomic E-state index is 13.2. The van der Waals surface area contributed by atoms with Gasteiger partial charge in [-0.25, -0.2) is 12.8 Å². The highest BCUT2D eigenvalue weighted by atomic mass is 35.5. The van der Waals surface area contributed by atoms with Crippen LogP contribution in [0.5, 0.6) is 0 Å². The maximum absolute atomic E-state index is 13.2. The van der Waals surface area contributed by atoms with E-state index in [9.17, 15) is 12.8 Å². The normalized spacial score (nSPS) is 21.3. The molecule has 0 radical (unpaired) electrons. The van der Waals surface area contributed by atoms with Gasteiger partial charge in [0.15, 0.2) is 9.84 Å². The monoisotopic (exact) mass is 325 g/mol. The zero-order valence-electron chi connectivity index (χ0n) is 11.0. The largest absolute Gasteiger partial charge is 0.323 e. The summed E-state index contributed by atoms with van der Waals surface area (Å²) in [7, 11) is -3.67. The molecule has 1 aliphatic rings. The average Bonchev–Trinajstić information content (AvgIpc) is 2.80. The first-order valence-corrected chi connectivity index (χ1v) is 8.36. The highest BCUT2D eigenvalue weighted by Crippen LogP contribution is 2.36. The number of nitrogens with two attached hydrogens (primary N) is 1. The Kier molecular flexibility index (Phi) is 3.51. The molecule has 0 heterocycles. The first-order valence-electron chi connectivity index (χ1n) is 6.43. The standard InChI is InChI=1S/C15H13ClFNO2S/c16-12-8-10(5-6-13(12)17)21(19,20)14-7-9-3-1-2-4-11(9)15(14)18/h1-6,8,14-15H,7,18H2. The third-order valence-corrected chi connectivity index (χ3v) is 6.31. The van der Waals surface area contributed by atoms with Gasteiger partial charge in [-0.2, -0.15) is 0 Å². The lowest BCUT2D eigenvalue weighted by atomic mass is 10.1. The van der Waals surface area contributed by atoms with Gasteiger partial charge in [-0.3, -0.25) is 0 Å². The molecule has 2 atom stereocenters. The van der Waals surface area contributed by atoms with Crippen molar-refractivity contribution in [3.63, 3.8) is 0 Å². The van der Waals surface area contributed by atoms with Crippen LogP contribution < -0.4 is 5.73 Å². The second-order valence-corrected chi connectivity index (χ2v) is 7.66. The van der Waals surface area contributed by atoms with Gasteiger partial charge in [-0.15, -0.1) is 0 Å². The minimum Gasteiger partial charge on any atom is -0.323 e. The van der Waals surface area contributed by atoms with E-state index in [0.29, 0.717) is 6.42 Å². The van der Waals surface area contributed by atoms with E-state index in [1.54, 1.807) is 0 Å². The number of benzene rings is 2. The Hall–Kier alpha value is -1.43. The van der Waals surface area contributed by atoms with E-state index < -0.39 is 26.9 Å². The van der Waals surface area contributed by atoms with Crippen LogP contribution in [0.3, 0.4) is 0 Å². The molecular formula is C15H13ClFNO2S. The van der Waals surface area contributed by atoms with Gasteiger partial charge in [0.05, 0.1) is 15.2 Å². The molecule has 6 heteroatoms. The summed E-state index contributed by atoms with van der Waals surface area (Å²) < 4.78 is 38.6. The number of hydrogen-bond donors (Lipinski definition) is 1. The van der Waals surface area contributed by atoms with Crippen LogP contribution >= 0.6 is 11.6 Å². The van der Waals surface area contributed by atoms with Crippen molar-refractivity contribution in [3.8, 4) is 0 Å². The first kappa shape index (κ1) is 14.5. The van der Waals surface area contributed by atoms with Crippen LogP contribution in [0.1, 0.15) is 17.2 Å². The molecule has 0 saturated carbocycles. The minimum absolute atomic E-state index is 0.00200. The molecule has 2 aromatic carbocycles. The quantitative estimate of drug-likeness (QED) is 0.864. The van der Waals surface area contributed by atoms with Crippen molar-refractivity contribution >= 4 is 21.4 Å². The van der Waals surface area contributed by atoms with Crippen LogP contribution in [0.15, 0.2) is 47.4 Å². The lowest BCUT2D eigenvalue weighted by Gasteiger charge is -2.17. The van der Waals surface area contributed by atoms with Crippen molar-refractivity contribution in [2.24, 2.45) is 5.73 Å². The van der Waals surface area contributed by atoms with Crippen LogP contribution in [0, 0.1) is 5.82 Å². The molecule has 3 rings (SSSR count). The lowest BCUT2D eigenvalue weighted by Crippen LogP contribution is -2.30. The highest BCUT2D eigenvalue weighted by Gasteiger charge is 2.39. The second-order valence-electron chi connectivity index (χ2n) is 5.09. The fraction of sp³-hybridized carbons (Fsp3) is 0.200. The molecule has 3 nitrogen and oxygen atoms in total. The number of sulfone groups is 1. The maximum Gasteiger partial charge on any atom is 0.183 e. The van der Waals surface area contributed by atoms with Crippen molar-refractivity contribution in [2.45, 2.75) is 22.6 Å². The van der Waals surface area contributed by atoms with Crippen molar-refractivity contribution in [1.82, 2.24) is 0 Å². The molecule has 0 aliphatic heterocycles. The number of halogens is 2. The highest BCUT2D eigenvalue weighted by molar-refractivity contribution is 7.92. The second kappa shape index (κ2) is 5.09. The van der Waals surface area contributed by atoms with E-state index in [0.717, 1.165) is 23.3 Å². The lowest BCUT2D eigenvalue weighted by molar-refractivity contribution is 0.564. The molecule has 0 amide bonds. The van der Waals surface area contributed by atoms with Gasteiger partial charge in [-0.05, 0) is 35.7 Å². The Bertz CT molecular complexity index is 807. The van der Waals surface area contributed by atoms with Crippen molar-refractivity contribution in [1.29, 1.82) is 0 Å². The molecule has 2 N–H and O–H groups in total. The predicted molar refractivity (Wildman–Crippen MR) is 79.5 cm³/mol. The van der Waals surface area contributed by atoms with Crippen LogP contribution in [-0.4, -0.2) is 13.7 Å². The molecule has 110 valence electrons. The summed E-state index contributed by atoms with van der Waals surface area (Å²) in [6.45, 7) is 0. The van der Waals surface area contributed by atoms with E-state index >= 15 is 0 Å². The van der Waals surface area contributed by atoms with Gasteiger partial charge >= 0.3 is 0 Å². The Morgan fingerprint density at radius 1 is 1.19 bits per heavy atom. The molecule has 0 aromatic heterocycles. The fourth-order valence-corrected chi connectivity index (χ4v) is 4.79. The SMILES string of the molecule is NC1c2ccccc2CC1S(=O)(=O)c1ccc(F)c(Cl)c1. The molecule has 2 unspecified atom stereocenters. The van der Waals surface area contributed by atoms with E-state index in [2.05, 4.69) is 0 Å². The number of hydrogen-bond acceptors (Lipinski definition) is 3. The van der Waals surface area contributed by atoms with E-state index in [1.807, 2.05) is 24.3 Å². The Morgan fingerprint density at radius 2 is 1.90 bits per heavy atom.